The summed E-state index contributed by atoms with van der Waals surface area (Å²) in [5.74, 6) is 1.05. The van der Waals surface area contributed by atoms with Gasteiger partial charge in [-0.25, -0.2) is 0 Å². The van der Waals surface area contributed by atoms with E-state index in [1.165, 1.54) is 19.3 Å². The summed E-state index contributed by atoms with van der Waals surface area (Å²) in [5.41, 5.74) is 7.21. The fourth-order valence-electron chi connectivity index (χ4n) is 3.86. The number of hydrogen-bond acceptors (Lipinski definition) is 3. The van der Waals surface area contributed by atoms with E-state index in [4.69, 9.17) is 10.5 Å². The quantitative estimate of drug-likeness (QED) is 0.875. The van der Waals surface area contributed by atoms with E-state index in [9.17, 15) is 5.11 Å². The summed E-state index contributed by atoms with van der Waals surface area (Å²) in [6.07, 6.45) is 4.31. The summed E-state index contributed by atoms with van der Waals surface area (Å²) in [6.45, 7) is 4.99. The molecule has 3 atom stereocenters. The van der Waals surface area contributed by atoms with E-state index in [1.54, 1.807) is 7.11 Å². The fraction of sp³-hybridized carbons (Fsp3) is 0.667. The van der Waals surface area contributed by atoms with Crippen LogP contribution in [0, 0.1) is 11.3 Å². The monoisotopic (exact) mass is 291 g/mol. The average Bonchev–Trinajstić information content (AvgIpc) is 2.48. The first-order valence-electron chi connectivity index (χ1n) is 8.02. The SMILES string of the molecule is COc1ccccc1C(CN)C(O)C1CCCCC1(C)C. The van der Waals surface area contributed by atoms with Crippen LogP contribution >= 0.6 is 0 Å². The van der Waals surface area contributed by atoms with Gasteiger partial charge in [0.05, 0.1) is 13.2 Å². The van der Waals surface area contributed by atoms with Gasteiger partial charge in [-0.1, -0.05) is 44.9 Å². The number of ether oxygens (including phenoxy) is 1. The lowest BCUT2D eigenvalue weighted by atomic mass is 9.64. The van der Waals surface area contributed by atoms with Gasteiger partial charge in [0.2, 0.25) is 0 Å². The topological polar surface area (TPSA) is 55.5 Å². The Balaban J connectivity index is 2.27. The van der Waals surface area contributed by atoms with Crippen molar-refractivity contribution in [3.63, 3.8) is 0 Å². The molecule has 3 unspecified atom stereocenters. The molecule has 0 aliphatic heterocycles. The lowest BCUT2D eigenvalue weighted by Gasteiger charge is -2.43. The molecular formula is C18H29NO2. The number of nitrogens with two attached hydrogens (primary N) is 1. The van der Waals surface area contributed by atoms with Crippen molar-refractivity contribution in [2.75, 3.05) is 13.7 Å². The maximum absolute atomic E-state index is 11.0. The second-order valence-corrected chi connectivity index (χ2v) is 6.92. The first kappa shape index (κ1) is 16.3. The lowest BCUT2D eigenvalue weighted by Crippen LogP contribution is -2.42. The van der Waals surface area contributed by atoms with Crippen molar-refractivity contribution in [3.8, 4) is 5.75 Å². The standard InChI is InChI=1S/C18H29NO2/c1-18(2)11-7-6-9-15(18)17(20)14(12-19)13-8-4-5-10-16(13)21-3/h4-5,8,10,14-15,17,20H,6-7,9,11-12,19H2,1-3H3. The maximum Gasteiger partial charge on any atom is 0.122 e. The molecule has 21 heavy (non-hydrogen) atoms. The molecule has 1 aromatic rings. The molecule has 1 aliphatic carbocycles. The van der Waals surface area contributed by atoms with Crippen molar-refractivity contribution in [3.05, 3.63) is 29.8 Å². The van der Waals surface area contributed by atoms with E-state index >= 15 is 0 Å². The molecule has 0 spiro atoms. The Morgan fingerprint density at radius 1 is 1.33 bits per heavy atom. The van der Waals surface area contributed by atoms with Gasteiger partial charge in [0, 0.05) is 18.0 Å². The molecule has 0 radical (unpaired) electrons. The number of hydrogen-bond donors (Lipinski definition) is 2. The Hall–Kier alpha value is -1.06. The van der Waals surface area contributed by atoms with Crippen LogP contribution in [0.5, 0.6) is 5.75 Å². The molecule has 118 valence electrons. The molecule has 1 fully saturated rings. The van der Waals surface area contributed by atoms with Gasteiger partial charge in [0.15, 0.2) is 0 Å². The minimum absolute atomic E-state index is 0.0662. The first-order valence-corrected chi connectivity index (χ1v) is 8.02. The van der Waals surface area contributed by atoms with Crippen molar-refractivity contribution in [2.24, 2.45) is 17.1 Å². The van der Waals surface area contributed by atoms with E-state index in [1.807, 2.05) is 24.3 Å². The van der Waals surface area contributed by atoms with E-state index in [0.717, 1.165) is 17.7 Å². The highest BCUT2D eigenvalue weighted by Crippen LogP contribution is 2.45. The molecule has 3 nitrogen and oxygen atoms in total. The van der Waals surface area contributed by atoms with Gasteiger partial charge in [-0.3, -0.25) is 0 Å². The Morgan fingerprint density at radius 2 is 2.05 bits per heavy atom. The van der Waals surface area contributed by atoms with Crippen molar-refractivity contribution < 1.29 is 9.84 Å². The van der Waals surface area contributed by atoms with Crippen LogP contribution in [0.2, 0.25) is 0 Å². The number of methoxy groups -OCH3 is 1. The molecule has 2 rings (SSSR count). The normalized spacial score (nSPS) is 24.3. The largest absolute Gasteiger partial charge is 0.496 e. The smallest absolute Gasteiger partial charge is 0.122 e. The van der Waals surface area contributed by atoms with Gasteiger partial charge in [-0.2, -0.15) is 0 Å². The van der Waals surface area contributed by atoms with Crippen LogP contribution in [0.1, 0.15) is 51.0 Å². The van der Waals surface area contributed by atoms with Crippen LogP contribution in [-0.4, -0.2) is 24.9 Å². The van der Waals surface area contributed by atoms with Crippen molar-refractivity contribution in [1.82, 2.24) is 0 Å². The summed E-state index contributed by atoms with van der Waals surface area (Å²) in [7, 11) is 1.67. The fourth-order valence-corrected chi connectivity index (χ4v) is 3.86. The molecule has 0 aromatic heterocycles. The number of aliphatic hydroxyl groups excluding tert-OH is 1. The molecule has 0 bridgehead atoms. The molecule has 1 saturated carbocycles. The number of benzene rings is 1. The average molecular weight is 291 g/mol. The minimum Gasteiger partial charge on any atom is -0.496 e. The third-order valence-electron chi connectivity index (χ3n) is 5.21. The van der Waals surface area contributed by atoms with E-state index in [0.29, 0.717) is 12.5 Å². The summed E-state index contributed by atoms with van der Waals surface area (Å²) < 4.78 is 5.45. The van der Waals surface area contributed by atoms with E-state index in [-0.39, 0.29) is 11.3 Å². The summed E-state index contributed by atoms with van der Waals surface area (Å²) in [5, 5.41) is 11.0. The van der Waals surface area contributed by atoms with Gasteiger partial charge in [-0.05, 0) is 30.2 Å². The minimum atomic E-state index is -0.415. The second-order valence-electron chi connectivity index (χ2n) is 6.92. The van der Waals surface area contributed by atoms with Crippen LogP contribution in [0.3, 0.4) is 0 Å². The predicted molar refractivity (Wildman–Crippen MR) is 86.5 cm³/mol. The van der Waals surface area contributed by atoms with Gasteiger partial charge >= 0.3 is 0 Å². The Bertz CT molecular complexity index is 458. The zero-order chi connectivity index (χ0) is 15.5. The van der Waals surface area contributed by atoms with E-state index in [2.05, 4.69) is 13.8 Å². The summed E-state index contributed by atoms with van der Waals surface area (Å²) >= 11 is 0. The van der Waals surface area contributed by atoms with Gasteiger partial charge < -0.3 is 15.6 Å². The Morgan fingerprint density at radius 3 is 2.67 bits per heavy atom. The first-order chi connectivity index (χ1) is 10.0. The molecule has 3 heteroatoms. The Kier molecular flexibility index (Phi) is 5.28. The molecular weight excluding hydrogens is 262 g/mol. The van der Waals surface area contributed by atoms with Crippen molar-refractivity contribution >= 4 is 0 Å². The molecule has 0 amide bonds. The second kappa shape index (κ2) is 6.80. The highest BCUT2D eigenvalue weighted by molar-refractivity contribution is 5.37. The molecule has 1 aromatic carbocycles. The van der Waals surface area contributed by atoms with Crippen LogP contribution in [0.25, 0.3) is 0 Å². The Labute approximate surface area is 128 Å². The van der Waals surface area contributed by atoms with Gasteiger partial charge in [0.1, 0.15) is 5.75 Å². The zero-order valence-corrected chi connectivity index (χ0v) is 13.5. The third-order valence-corrected chi connectivity index (χ3v) is 5.21. The van der Waals surface area contributed by atoms with Crippen LogP contribution in [0.15, 0.2) is 24.3 Å². The number of rotatable bonds is 5. The molecule has 1 aliphatic rings. The molecule has 0 saturated heterocycles. The van der Waals surface area contributed by atoms with Crippen LogP contribution in [-0.2, 0) is 0 Å². The highest BCUT2D eigenvalue weighted by atomic mass is 16.5. The van der Waals surface area contributed by atoms with Crippen LogP contribution < -0.4 is 10.5 Å². The summed E-state index contributed by atoms with van der Waals surface area (Å²) in [6, 6.07) is 7.90. The van der Waals surface area contributed by atoms with E-state index < -0.39 is 6.10 Å². The maximum atomic E-state index is 11.0. The molecule has 3 N–H and O–H groups in total. The van der Waals surface area contributed by atoms with Crippen LogP contribution in [0.4, 0.5) is 0 Å². The summed E-state index contributed by atoms with van der Waals surface area (Å²) in [4.78, 5) is 0. The lowest BCUT2D eigenvalue weighted by molar-refractivity contribution is -0.00930. The number of aliphatic hydroxyl groups is 1. The van der Waals surface area contributed by atoms with Crippen molar-refractivity contribution in [1.29, 1.82) is 0 Å². The van der Waals surface area contributed by atoms with Gasteiger partial charge in [0.25, 0.3) is 0 Å². The van der Waals surface area contributed by atoms with Crippen molar-refractivity contribution in [2.45, 2.75) is 51.6 Å². The highest BCUT2D eigenvalue weighted by Gasteiger charge is 2.40. The third kappa shape index (κ3) is 3.41. The molecule has 0 heterocycles. The number of para-hydroxylation sites is 1. The predicted octanol–water partition coefficient (Wildman–Crippen LogP) is 3.31. The van der Waals surface area contributed by atoms with Gasteiger partial charge in [-0.15, -0.1) is 0 Å². The zero-order valence-electron chi connectivity index (χ0n) is 13.5.